The van der Waals surface area contributed by atoms with Crippen LogP contribution in [0.4, 0.5) is 5.69 Å². The zero-order valence-corrected chi connectivity index (χ0v) is 10.9. The number of nitrogens with zero attached hydrogens (tertiary/aromatic N) is 1. The first-order valence-corrected chi connectivity index (χ1v) is 6.66. The van der Waals surface area contributed by atoms with Crippen molar-refractivity contribution in [3.8, 4) is 11.5 Å². The highest BCUT2D eigenvalue weighted by molar-refractivity contribution is 5.48. The summed E-state index contributed by atoms with van der Waals surface area (Å²) in [5.74, 6) is 2.44. The molecule has 19 heavy (non-hydrogen) atoms. The Morgan fingerprint density at radius 1 is 1.26 bits per heavy atom. The molecule has 0 amide bonds. The van der Waals surface area contributed by atoms with Crippen molar-refractivity contribution in [3.05, 3.63) is 28.3 Å². The number of nitro benzene ring substituents is 1. The first-order valence-electron chi connectivity index (χ1n) is 6.66. The van der Waals surface area contributed by atoms with Crippen LogP contribution in [0, 0.1) is 22.0 Å². The lowest BCUT2D eigenvalue weighted by atomic mass is 9.98. The molecule has 1 aromatic carbocycles. The van der Waals surface area contributed by atoms with Gasteiger partial charge in [-0.3, -0.25) is 10.1 Å². The highest BCUT2D eigenvalue weighted by Gasteiger charge is 2.41. The number of ether oxygens (including phenoxy) is 2. The molecule has 0 spiro atoms. The molecule has 0 N–H and O–H groups in total. The Hall–Kier alpha value is -1.78. The normalized spacial score (nSPS) is 28.4. The molecule has 2 aliphatic rings. The largest absolute Gasteiger partial charge is 0.493 e. The number of rotatable bonds is 4. The van der Waals surface area contributed by atoms with E-state index in [0.717, 1.165) is 12.3 Å². The van der Waals surface area contributed by atoms with Crippen molar-refractivity contribution >= 4 is 5.69 Å². The third-order valence-corrected chi connectivity index (χ3v) is 4.31. The number of fused-ring (bicyclic) bond motifs is 2. The van der Waals surface area contributed by atoms with Crippen LogP contribution in [0.25, 0.3) is 0 Å². The smallest absolute Gasteiger partial charge is 0.273 e. The number of hydrogen-bond acceptors (Lipinski definition) is 4. The van der Waals surface area contributed by atoms with Crippen molar-refractivity contribution in [1.29, 1.82) is 0 Å². The van der Waals surface area contributed by atoms with Crippen molar-refractivity contribution in [3.63, 3.8) is 0 Å². The van der Waals surface area contributed by atoms with Crippen LogP contribution in [-0.2, 0) is 0 Å². The first kappa shape index (κ1) is 12.3. The lowest BCUT2D eigenvalue weighted by Gasteiger charge is -2.23. The minimum atomic E-state index is -0.410. The molecule has 0 radical (unpaired) electrons. The Balaban J connectivity index is 1.82. The van der Waals surface area contributed by atoms with Gasteiger partial charge in [0.2, 0.25) is 0 Å². The van der Waals surface area contributed by atoms with Gasteiger partial charge in [0.15, 0.2) is 11.5 Å². The second-order valence-electron chi connectivity index (χ2n) is 5.42. The molecule has 3 unspecified atom stereocenters. The highest BCUT2D eigenvalue weighted by Crippen LogP contribution is 2.47. The van der Waals surface area contributed by atoms with E-state index in [4.69, 9.17) is 9.47 Å². The summed E-state index contributed by atoms with van der Waals surface area (Å²) in [5.41, 5.74) is 0.0407. The average Bonchev–Trinajstić information content (AvgIpc) is 3.01. The van der Waals surface area contributed by atoms with Gasteiger partial charge in [-0.2, -0.15) is 0 Å². The van der Waals surface area contributed by atoms with E-state index in [-0.39, 0.29) is 11.8 Å². The molecule has 3 atom stereocenters. The van der Waals surface area contributed by atoms with E-state index in [1.54, 1.807) is 13.2 Å². The Morgan fingerprint density at radius 3 is 2.68 bits per heavy atom. The van der Waals surface area contributed by atoms with E-state index in [9.17, 15) is 10.1 Å². The van der Waals surface area contributed by atoms with Gasteiger partial charge in [0.05, 0.1) is 18.1 Å². The minimum Gasteiger partial charge on any atom is -0.493 e. The number of non-ortho nitro benzene ring substituents is 1. The van der Waals surface area contributed by atoms with E-state index >= 15 is 0 Å². The summed E-state index contributed by atoms with van der Waals surface area (Å²) in [6.45, 7) is 0. The van der Waals surface area contributed by atoms with Crippen molar-refractivity contribution in [1.82, 2.24) is 0 Å². The van der Waals surface area contributed by atoms with Crippen LogP contribution >= 0.6 is 0 Å². The summed E-state index contributed by atoms with van der Waals surface area (Å²) >= 11 is 0. The van der Waals surface area contributed by atoms with E-state index in [1.165, 1.54) is 31.4 Å². The zero-order chi connectivity index (χ0) is 13.4. The Labute approximate surface area is 111 Å². The summed E-state index contributed by atoms with van der Waals surface area (Å²) < 4.78 is 11.2. The van der Waals surface area contributed by atoms with Crippen molar-refractivity contribution < 1.29 is 14.4 Å². The summed E-state index contributed by atoms with van der Waals surface area (Å²) in [7, 11) is 1.55. The lowest BCUT2D eigenvalue weighted by molar-refractivity contribution is -0.385. The second kappa shape index (κ2) is 4.72. The quantitative estimate of drug-likeness (QED) is 0.618. The maximum atomic E-state index is 10.8. The lowest BCUT2D eigenvalue weighted by Crippen LogP contribution is -2.23. The fourth-order valence-electron chi connectivity index (χ4n) is 3.36. The Kier molecular flexibility index (Phi) is 3.05. The molecule has 2 aliphatic carbocycles. The summed E-state index contributed by atoms with van der Waals surface area (Å²) in [4.78, 5) is 10.4. The summed E-state index contributed by atoms with van der Waals surface area (Å²) in [6, 6.07) is 4.50. The maximum Gasteiger partial charge on any atom is 0.273 e. The van der Waals surface area contributed by atoms with Crippen molar-refractivity contribution in [2.75, 3.05) is 7.11 Å². The minimum absolute atomic E-state index is 0.0407. The Bertz CT molecular complexity index is 502. The van der Waals surface area contributed by atoms with E-state index in [2.05, 4.69) is 0 Å². The monoisotopic (exact) mass is 263 g/mol. The van der Waals surface area contributed by atoms with Crippen molar-refractivity contribution in [2.24, 2.45) is 11.8 Å². The molecule has 5 nitrogen and oxygen atoms in total. The fourth-order valence-corrected chi connectivity index (χ4v) is 3.36. The van der Waals surface area contributed by atoms with Crippen LogP contribution in [0.5, 0.6) is 11.5 Å². The van der Waals surface area contributed by atoms with Gasteiger partial charge in [-0.25, -0.2) is 0 Å². The molecule has 0 heterocycles. The van der Waals surface area contributed by atoms with Gasteiger partial charge >= 0.3 is 0 Å². The standard InChI is InChI=1S/C14H17NO4/c1-18-12-5-4-11(15(16)17)8-14(12)19-13-7-9-2-3-10(13)6-9/h4-5,8-10,13H,2-3,6-7H2,1H3. The predicted molar refractivity (Wildman–Crippen MR) is 69.5 cm³/mol. The molecule has 5 heteroatoms. The third kappa shape index (κ3) is 2.25. The molecular formula is C14H17NO4. The molecule has 0 saturated heterocycles. The van der Waals surface area contributed by atoms with E-state index in [1.807, 2.05) is 0 Å². The van der Waals surface area contributed by atoms with Crippen molar-refractivity contribution in [2.45, 2.75) is 31.8 Å². The molecule has 0 aliphatic heterocycles. The van der Waals surface area contributed by atoms with Gasteiger partial charge in [0.25, 0.3) is 5.69 Å². The van der Waals surface area contributed by atoms with Crippen LogP contribution in [-0.4, -0.2) is 18.1 Å². The summed E-state index contributed by atoms with van der Waals surface area (Å²) in [6.07, 6.45) is 5.01. The number of benzene rings is 1. The molecule has 102 valence electrons. The molecule has 3 rings (SSSR count). The van der Waals surface area contributed by atoms with Crippen LogP contribution in [0.15, 0.2) is 18.2 Å². The van der Waals surface area contributed by atoms with Crippen LogP contribution in [0.3, 0.4) is 0 Å². The first-order chi connectivity index (χ1) is 9.17. The molecule has 2 bridgehead atoms. The zero-order valence-electron chi connectivity index (χ0n) is 10.9. The predicted octanol–water partition coefficient (Wildman–Crippen LogP) is 3.17. The number of nitro groups is 1. The fraction of sp³-hybridized carbons (Fsp3) is 0.571. The van der Waals surface area contributed by atoms with Gasteiger partial charge in [-0.1, -0.05) is 0 Å². The third-order valence-electron chi connectivity index (χ3n) is 4.31. The van der Waals surface area contributed by atoms with Crippen LogP contribution in [0.1, 0.15) is 25.7 Å². The Morgan fingerprint density at radius 2 is 2.11 bits per heavy atom. The van der Waals surface area contributed by atoms with Crippen LogP contribution in [0.2, 0.25) is 0 Å². The molecule has 2 saturated carbocycles. The topological polar surface area (TPSA) is 61.6 Å². The average molecular weight is 263 g/mol. The molecule has 1 aromatic rings. The van der Waals surface area contributed by atoms with E-state index < -0.39 is 4.92 Å². The molecule has 2 fully saturated rings. The second-order valence-corrected chi connectivity index (χ2v) is 5.42. The maximum absolute atomic E-state index is 10.8. The molecule has 0 aromatic heterocycles. The number of hydrogen-bond donors (Lipinski definition) is 0. The van der Waals surface area contributed by atoms with Gasteiger partial charge < -0.3 is 9.47 Å². The highest BCUT2D eigenvalue weighted by atomic mass is 16.6. The molecular weight excluding hydrogens is 246 g/mol. The SMILES string of the molecule is COc1ccc([N+](=O)[O-])cc1OC1CC2CCC1C2. The summed E-state index contributed by atoms with van der Waals surface area (Å²) in [5, 5.41) is 10.8. The van der Waals surface area contributed by atoms with Gasteiger partial charge in [0.1, 0.15) is 6.10 Å². The van der Waals surface area contributed by atoms with E-state index in [0.29, 0.717) is 17.4 Å². The van der Waals surface area contributed by atoms with Crippen LogP contribution < -0.4 is 9.47 Å². The van der Waals surface area contributed by atoms with Gasteiger partial charge in [0, 0.05) is 6.07 Å². The van der Waals surface area contributed by atoms with Gasteiger partial charge in [-0.05, 0) is 43.6 Å². The van der Waals surface area contributed by atoms with Gasteiger partial charge in [-0.15, -0.1) is 0 Å². The number of methoxy groups -OCH3 is 1.